The van der Waals surface area contributed by atoms with Crippen molar-refractivity contribution < 1.29 is 10.3 Å². The number of nitrogens with zero attached hydrogens (tertiary/aromatic N) is 2. The van der Waals surface area contributed by atoms with Gasteiger partial charge < -0.3 is 21.4 Å². The van der Waals surface area contributed by atoms with Crippen LogP contribution in [0.25, 0.3) is 0 Å². The van der Waals surface area contributed by atoms with Gasteiger partial charge in [-0.3, -0.25) is 4.98 Å². The summed E-state index contributed by atoms with van der Waals surface area (Å²) in [6, 6.07) is 3.64. The molecular weight excluding hydrogens is 208 g/mol. The molecule has 5 N–H and O–H groups in total. The number of aliphatic hydroxyl groups excluding tert-OH is 1. The smallest absolute Gasteiger partial charge is 0.189 e. The first-order valence-electron chi connectivity index (χ1n) is 5.03. The molecule has 1 heterocycles. The molecule has 0 aromatic carbocycles. The van der Waals surface area contributed by atoms with Gasteiger partial charge in [0.05, 0.1) is 0 Å². The van der Waals surface area contributed by atoms with E-state index in [1.807, 2.05) is 6.07 Å². The predicted octanol–water partition coefficient (Wildman–Crippen LogP) is -0.352. The minimum Gasteiger partial charge on any atom is -0.409 e. The lowest BCUT2D eigenvalue weighted by atomic mass is 10.2. The van der Waals surface area contributed by atoms with Crippen molar-refractivity contribution in [2.45, 2.75) is 13.0 Å². The van der Waals surface area contributed by atoms with Gasteiger partial charge in [0.1, 0.15) is 5.69 Å². The molecule has 1 aromatic heterocycles. The Balaban J connectivity index is 2.64. The molecule has 0 fully saturated rings. The fourth-order valence-corrected chi connectivity index (χ4v) is 1.29. The van der Waals surface area contributed by atoms with E-state index < -0.39 is 0 Å². The van der Waals surface area contributed by atoms with Gasteiger partial charge in [-0.2, -0.15) is 0 Å². The van der Waals surface area contributed by atoms with Crippen LogP contribution in [0.1, 0.15) is 17.7 Å². The van der Waals surface area contributed by atoms with Gasteiger partial charge in [0, 0.05) is 19.3 Å². The van der Waals surface area contributed by atoms with E-state index in [1.54, 1.807) is 12.3 Å². The third-order valence-electron chi connectivity index (χ3n) is 2.07. The topological polar surface area (TPSA) is 104 Å². The summed E-state index contributed by atoms with van der Waals surface area (Å²) in [6.45, 7) is 1.44. The number of oxime groups is 1. The van der Waals surface area contributed by atoms with Gasteiger partial charge in [-0.1, -0.05) is 11.2 Å². The van der Waals surface area contributed by atoms with Crippen LogP contribution < -0.4 is 11.1 Å². The lowest BCUT2D eigenvalue weighted by molar-refractivity contribution is 0.286. The Morgan fingerprint density at radius 2 is 2.38 bits per heavy atom. The lowest BCUT2D eigenvalue weighted by Crippen LogP contribution is -2.22. The highest BCUT2D eigenvalue weighted by Gasteiger charge is 2.07. The molecule has 6 nitrogen and oxygen atoms in total. The molecule has 1 rings (SSSR count). The van der Waals surface area contributed by atoms with Crippen LogP contribution >= 0.6 is 0 Å². The van der Waals surface area contributed by atoms with Crippen LogP contribution in [-0.4, -0.2) is 34.3 Å². The SMILES string of the molecule is NC(=NO)c1ncccc1CNCCCO. The number of nitrogens with one attached hydrogen (secondary N) is 1. The summed E-state index contributed by atoms with van der Waals surface area (Å²) in [5, 5.41) is 23.3. The second kappa shape index (κ2) is 6.76. The van der Waals surface area contributed by atoms with E-state index in [9.17, 15) is 0 Å². The van der Waals surface area contributed by atoms with Gasteiger partial charge >= 0.3 is 0 Å². The molecule has 0 radical (unpaired) electrons. The number of aromatic nitrogens is 1. The molecular formula is C10H16N4O2. The van der Waals surface area contributed by atoms with Crippen molar-refractivity contribution in [3.05, 3.63) is 29.6 Å². The molecule has 0 bridgehead atoms. The first-order chi connectivity index (χ1) is 7.79. The molecule has 6 heteroatoms. The van der Waals surface area contributed by atoms with Crippen LogP contribution in [0.4, 0.5) is 0 Å². The second-order valence-electron chi connectivity index (χ2n) is 3.25. The average molecular weight is 224 g/mol. The number of pyridine rings is 1. The monoisotopic (exact) mass is 224 g/mol. The van der Waals surface area contributed by atoms with Gasteiger partial charge in [0.25, 0.3) is 0 Å². The number of hydrogen-bond acceptors (Lipinski definition) is 5. The maximum atomic E-state index is 8.62. The Labute approximate surface area is 93.8 Å². The first-order valence-corrected chi connectivity index (χ1v) is 5.03. The number of hydrogen-bond donors (Lipinski definition) is 4. The highest BCUT2D eigenvalue weighted by Crippen LogP contribution is 2.04. The molecule has 0 aliphatic heterocycles. The third-order valence-corrected chi connectivity index (χ3v) is 2.07. The van der Waals surface area contributed by atoms with Gasteiger partial charge in [-0.15, -0.1) is 0 Å². The fourth-order valence-electron chi connectivity index (χ4n) is 1.29. The standard InChI is InChI=1S/C10H16N4O2/c11-10(14-16)9-8(3-1-5-13-9)7-12-4-2-6-15/h1,3,5,12,15-16H,2,4,6-7H2,(H2,11,14). The van der Waals surface area contributed by atoms with Crippen molar-refractivity contribution in [3.63, 3.8) is 0 Å². The fraction of sp³-hybridized carbons (Fsp3) is 0.400. The van der Waals surface area contributed by atoms with Crippen LogP contribution in [0.5, 0.6) is 0 Å². The second-order valence-corrected chi connectivity index (χ2v) is 3.25. The van der Waals surface area contributed by atoms with Gasteiger partial charge in [-0.05, 0) is 24.6 Å². The summed E-state index contributed by atoms with van der Waals surface area (Å²) in [5.41, 5.74) is 6.83. The van der Waals surface area contributed by atoms with E-state index in [0.717, 1.165) is 5.56 Å². The maximum Gasteiger partial charge on any atom is 0.189 e. The highest BCUT2D eigenvalue weighted by molar-refractivity contribution is 5.96. The Morgan fingerprint density at radius 1 is 1.56 bits per heavy atom. The number of amidine groups is 1. The summed E-state index contributed by atoms with van der Waals surface area (Å²) in [4.78, 5) is 4.04. The van der Waals surface area contributed by atoms with Crippen molar-refractivity contribution in [1.29, 1.82) is 0 Å². The number of aliphatic hydroxyl groups is 1. The average Bonchev–Trinajstić information content (AvgIpc) is 2.34. The Kier molecular flexibility index (Phi) is 5.24. The molecule has 0 amide bonds. The number of rotatable bonds is 6. The van der Waals surface area contributed by atoms with Crippen molar-refractivity contribution in [2.75, 3.05) is 13.2 Å². The molecule has 0 aliphatic rings. The zero-order valence-electron chi connectivity index (χ0n) is 8.93. The summed E-state index contributed by atoms with van der Waals surface area (Å²) < 4.78 is 0. The quantitative estimate of drug-likeness (QED) is 0.174. The highest BCUT2D eigenvalue weighted by atomic mass is 16.4. The van der Waals surface area contributed by atoms with Crippen LogP contribution in [0.3, 0.4) is 0 Å². The van der Waals surface area contributed by atoms with Crippen LogP contribution in [-0.2, 0) is 6.54 Å². The minimum absolute atomic E-state index is 0.000409. The van der Waals surface area contributed by atoms with Crippen LogP contribution in [0, 0.1) is 0 Å². The molecule has 0 aliphatic carbocycles. The third kappa shape index (κ3) is 3.48. The Bertz CT molecular complexity index is 354. The van der Waals surface area contributed by atoms with Crippen LogP contribution in [0.2, 0.25) is 0 Å². The van der Waals surface area contributed by atoms with E-state index in [2.05, 4.69) is 15.5 Å². The molecule has 1 aromatic rings. The zero-order chi connectivity index (χ0) is 11.8. The van der Waals surface area contributed by atoms with Gasteiger partial charge in [0.15, 0.2) is 5.84 Å². The first kappa shape index (κ1) is 12.4. The summed E-state index contributed by atoms with van der Waals surface area (Å²) >= 11 is 0. The van der Waals surface area contributed by atoms with Crippen molar-refractivity contribution >= 4 is 5.84 Å². The molecule has 0 saturated carbocycles. The van der Waals surface area contributed by atoms with Gasteiger partial charge in [-0.25, -0.2) is 0 Å². The summed E-state index contributed by atoms with van der Waals surface area (Å²) in [6.07, 6.45) is 2.28. The van der Waals surface area contributed by atoms with Crippen molar-refractivity contribution in [1.82, 2.24) is 10.3 Å². The normalized spacial score (nSPS) is 11.7. The van der Waals surface area contributed by atoms with E-state index in [0.29, 0.717) is 25.2 Å². The molecule has 88 valence electrons. The van der Waals surface area contributed by atoms with Crippen molar-refractivity contribution in [3.8, 4) is 0 Å². The molecule has 0 spiro atoms. The molecule has 0 atom stereocenters. The number of nitrogens with two attached hydrogens (primary N) is 1. The molecule has 0 saturated heterocycles. The zero-order valence-corrected chi connectivity index (χ0v) is 8.93. The van der Waals surface area contributed by atoms with Crippen molar-refractivity contribution in [2.24, 2.45) is 10.9 Å². The predicted molar refractivity (Wildman–Crippen MR) is 60.2 cm³/mol. The minimum atomic E-state index is -0.000409. The van der Waals surface area contributed by atoms with E-state index in [-0.39, 0.29) is 12.4 Å². The largest absolute Gasteiger partial charge is 0.409 e. The van der Waals surface area contributed by atoms with E-state index in [1.165, 1.54) is 0 Å². The van der Waals surface area contributed by atoms with Gasteiger partial charge in [0.2, 0.25) is 0 Å². The Hall–Kier alpha value is -1.66. The lowest BCUT2D eigenvalue weighted by Gasteiger charge is -2.07. The maximum absolute atomic E-state index is 8.62. The van der Waals surface area contributed by atoms with Crippen LogP contribution in [0.15, 0.2) is 23.5 Å². The Morgan fingerprint density at radius 3 is 3.06 bits per heavy atom. The van der Waals surface area contributed by atoms with E-state index >= 15 is 0 Å². The summed E-state index contributed by atoms with van der Waals surface area (Å²) in [7, 11) is 0. The molecule has 0 unspecified atom stereocenters. The molecule has 16 heavy (non-hydrogen) atoms. The van der Waals surface area contributed by atoms with E-state index in [4.69, 9.17) is 16.0 Å². The summed E-state index contributed by atoms with van der Waals surface area (Å²) in [5.74, 6) is -0.000409.